The number of carbonyl (C=O) groups is 1. The molecule has 0 saturated carbocycles. The highest BCUT2D eigenvalue weighted by Crippen LogP contribution is 2.25. The van der Waals surface area contributed by atoms with Crippen LogP contribution in [-0.2, 0) is 0 Å². The Morgan fingerprint density at radius 3 is 2.70 bits per heavy atom. The molecule has 10 heteroatoms. The summed E-state index contributed by atoms with van der Waals surface area (Å²) in [7, 11) is 0. The molecule has 0 spiro atoms. The summed E-state index contributed by atoms with van der Waals surface area (Å²) in [5.74, 6) is -0.0463. The maximum atomic E-state index is 11.8. The van der Waals surface area contributed by atoms with Crippen molar-refractivity contribution in [2.75, 3.05) is 29.1 Å². The van der Waals surface area contributed by atoms with Crippen molar-refractivity contribution in [1.82, 2.24) is 15.4 Å². The van der Waals surface area contributed by atoms with Crippen LogP contribution in [0.2, 0.25) is 0 Å². The Hall–Kier alpha value is -3.79. The highest BCUT2D eigenvalue weighted by atomic mass is 16.3. The first-order valence-electron chi connectivity index (χ1n) is 6.36. The molecule has 10 nitrogen and oxygen atoms in total. The van der Waals surface area contributed by atoms with Crippen LogP contribution in [0.3, 0.4) is 0 Å². The van der Waals surface area contributed by atoms with Crippen molar-refractivity contribution in [3.8, 4) is 12.1 Å². The second-order valence-corrected chi connectivity index (χ2v) is 4.19. The molecule has 0 bridgehead atoms. The molecule has 0 aliphatic carbocycles. The fraction of sp³-hybridized carbons (Fsp3) is 0.154. The zero-order chi connectivity index (χ0) is 16.7. The van der Waals surface area contributed by atoms with Gasteiger partial charge in [-0.3, -0.25) is 15.6 Å². The molecule has 23 heavy (non-hydrogen) atoms. The summed E-state index contributed by atoms with van der Waals surface area (Å²) in [6.45, 7) is -0.125. The molecular formula is C13H12N8O2. The largest absolute Gasteiger partial charge is 0.459 e. The number of rotatable bonds is 6. The van der Waals surface area contributed by atoms with Crippen LogP contribution >= 0.6 is 0 Å². The van der Waals surface area contributed by atoms with E-state index < -0.39 is 5.91 Å². The number of nitrogens with one attached hydrogen (secondary N) is 2. The van der Waals surface area contributed by atoms with E-state index in [9.17, 15) is 4.79 Å². The van der Waals surface area contributed by atoms with Gasteiger partial charge in [-0.15, -0.1) is 0 Å². The number of furan rings is 1. The van der Waals surface area contributed by atoms with Gasteiger partial charge in [-0.05, 0) is 12.1 Å². The van der Waals surface area contributed by atoms with Crippen LogP contribution in [0.5, 0.6) is 0 Å². The van der Waals surface area contributed by atoms with Gasteiger partial charge in [0.2, 0.25) is 0 Å². The van der Waals surface area contributed by atoms with E-state index in [-0.39, 0.29) is 36.2 Å². The van der Waals surface area contributed by atoms with E-state index in [0.717, 1.165) is 0 Å². The number of anilines is 3. The highest BCUT2D eigenvalue weighted by Gasteiger charge is 2.16. The molecular weight excluding hydrogens is 300 g/mol. The number of aromatic nitrogens is 2. The van der Waals surface area contributed by atoms with Gasteiger partial charge in [0.05, 0.1) is 18.4 Å². The Bertz CT molecular complexity index is 743. The summed E-state index contributed by atoms with van der Waals surface area (Å²) in [4.78, 5) is 21.0. The van der Waals surface area contributed by atoms with Crippen molar-refractivity contribution in [3.63, 3.8) is 0 Å². The first-order chi connectivity index (χ1) is 11.2. The van der Waals surface area contributed by atoms with E-state index in [1.165, 1.54) is 23.6 Å². The summed E-state index contributed by atoms with van der Waals surface area (Å²) in [6, 6.07) is 6.92. The molecule has 116 valence electrons. The molecule has 0 fully saturated rings. The van der Waals surface area contributed by atoms with E-state index in [0.29, 0.717) is 0 Å². The Balaban J connectivity index is 2.14. The van der Waals surface area contributed by atoms with Crippen LogP contribution in [0.15, 0.2) is 29.1 Å². The van der Waals surface area contributed by atoms with Gasteiger partial charge in [-0.1, -0.05) is 0 Å². The topological polar surface area (TPSA) is 157 Å². The molecule has 4 N–H and O–H groups in total. The summed E-state index contributed by atoms with van der Waals surface area (Å²) < 4.78 is 4.94. The predicted molar refractivity (Wildman–Crippen MR) is 79.7 cm³/mol. The first kappa shape index (κ1) is 15.6. The molecule has 0 saturated heterocycles. The average molecular weight is 312 g/mol. The normalized spacial score (nSPS) is 9.48. The van der Waals surface area contributed by atoms with Gasteiger partial charge in [0, 0.05) is 0 Å². The molecule has 2 rings (SSSR count). The fourth-order valence-electron chi connectivity index (χ4n) is 1.70. The minimum Gasteiger partial charge on any atom is -0.459 e. The molecule has 0 atom stereocenters. The number of nitriles is 2. The summed E-state index contributed by atoms with van der Waals surface area (Å²) in [6.07, 6.45) is 2.57. The van der Waals surface area contributed by atoms with Gasteiger partial charge in [0.15, 0.2) is 17.4 Å². The van der Waals surface area contributed by atoms with Gasteiger partial charge in [0.1, 0.15) is 25.1 Å². The Morgan fingerprint density at radius 1 is 1.35 bits per heavy atom. The molecule has 0 radical (unpaired) electrons. The van der Waals surface area contributed by atoms with Gasteiger partial charge < -0.3 is 15.1 Å². The molecule has 0 unspecified atom stereocenters. The second-order valence-electron chi connectivity index (χ2n) is 4.19. The van der Waals surface area contributed by atoms with Crippen molar-refractivity contribution in [2.24, 2.45) is 0 Å². The van der Waals surface area contributed by atoms with E-state index in [2.05, 4.69) is 20.8 Å². The zero-order valence-corrected chi connectivity index (χ0v) is 11.9. The molecule has 0 aliphatic heterocycles. The number of nitrogens with two attached hydrogens (primary N) is 1. The van der Waals surface area contributed by atoms with Gasteiger partial charge >= 0.3 is 5.91 Å². The number of carbonyl (C=O) groups excluding carboxylic acids is 1. The maximum absolute atomic E-state index is 11.8. The van der Waals surface area contributed by atoms with Gasteiger partial charge in [-0.25, -0.2) is 9.97 Å². The summed E-state index contributed by atoms with van der Waals surface area (Å²) in [5.41, 5.74) is 10.9. The molecule has 0 aromatic carbocycles. The Morgan fingerprint density at radius 2 is 2.09 bits per heavy atom. The van der Waals surface area contributed by atoms with Crippen LogP contribution in [0, 0.1) is 22.7 Å². The van der Waals surface area contributed by atoms with Crippen molar-refractivity contribution in [2.45, 2.75) is 0 Å². The van der Waals surface area contributed by atoms with Gasteiger partial charge in [-0.2, -0.15) is 10.5 Å². The SMILES string of the molecule is N#CCN(CC#N)c1ncnc(NNC(=O)c2ccco2)c1N. The lowest BCUT2D eigenvalue weighted by Gasteiger charge is -2.19. The molecule has 0 aliphatic rings. The van der Waals surface area contributed by atoms with Crippen LogP contribution in [0.4, 0.5) is 17.3 Å². The van der Waals surface area contributed by atoms with Crippen molar-refractivity contribution in [1.29, 1.82) is 10.5 Å². The van der Waals surface area contributed by atoms with Crippen LogP contribution < -0.4 is 21.5 Å². The third-order valence-electron chi connectivity index (χ3n) is 2.72. The minimum absolute atomic E-state index is 0.0625. The van der Waals surface area contributed by atoms with E-state index in [4.69, 9.17) is 20.7 Å². The van der Waals surface area contributed by atoms with Crippen molar-refractivity contribution in [3.05, 3.63) is 30.5 Å². The number of hydrazine groups is 1. The van der Waals surface area contributed by atoms with Gasteiger partial charge in [0.25, 0.3) is 0 Å². The monoisotopic (exact) mass is 312 g/mol. The fourth-order valence-corrected chi connectivity index (χ4v) is 1.70. The van der Waals surface area contributed by atoms with Crippen LogP contribution in [0.1, 0.15) is 10.6 Å². The Labute approximate surface area is 131 Å². The minimum atomic E-state index is -0.513. The zero-order valence-electron chi connectivity index (χ0n) is 11.9. The molecule has 2 aromatic heterocycles. The predicted octanol–water partition coefficient (Wildman–Crippen LogP) is 0.262. The van der Waals surface area contributed by atoms with Crippen molar-refractivity contribution >= 4 is 23.2 Å². The smallest absolute Gasteiger partial charge is 0.305 e. The highest BCUT2D eigenvalue weighted by molar-refractivity contribution is 5.92. The standard InChI is InChI=1S/C13H12N8O2/c14-3-5-21(6-4-15)12-10(16)11(17-8-18-12)19-20-13(22)9-2-1-7-23-9/h1-2,7-8H,5-6,16H2,(H,20,22)(H,17,18,19). The first-order valence-corrected chi connectivity index (χ1v) is 6.36. The van der Waals surface area contributed by atoms with E-state index >= 15 is 0 Å². The lowest BCUT2D eigenvalue weighted by molar-refractivity contribution is 0.0935. The van der Waals surface area contributed by atoms with E-state index in [1.807, 2.05) is 12.1 Å². The van der Waals surface area contributed by atoms with E-state index in [1.54, 1.807) is 6.07 Å². The van der Waals surface area contributed by atoms with Crippen molar-refractivity contribution < 1.29 is 9.21 Å². The summed E-state index contributed by atoms with van der Waals surface area (Å²) >= 11 is 0. The average Bonchev–Trinajstić information content (AvgIpc) is 3.08. The molecule has 2 aromatic rings. The molecule has 1 amide bonds. The second kappa shape index (κ2) is 7.28. The summed E-state index contributed by atoms with van der Waals surface area (Å²) in [5, 5.41) is 17.6. The third-order valence-corrected chi connectivity index (χ3v) is 2.72. The number of nitrogens with zero attached hydrogens (tertiary/aromatic N) is 5. The van der Waals surface area contributed by atoms with Crippen LogP contribution in [0.25, 0.3) is 0 Å². The Kier molecular flexibility index (Phi) is 4.94. The molecule has 2 heterocycles. The number of nitrogen functional groups attached to an aromatic ring is 1. The number of hydrogen-bond acceptors (Lipinski definition) is 9. The number of amides is 1. The van der Waals surface area contributed by atoms with Crippen LogP contribution in [-0.4, -0.2) is 29.0 Å². The lowest BCUT2D eigenvalue weighted by Crippen LogP contribution is -2.31. The lowest BCUT2D eigenvalue weighted by atomic mass is 10.3. The maximum Gasteiger partial charge on any atom is 0.305 e. The third kappa shape index (κ3) is 3.65. The quantitative estimate of drug-likeness (QED) is 0.502. The number of hydrogen-bond donors (Lipinski definition) is 3.